The van der Waals surface area contributed by atoms with Crippen LogP contribution < -0.4 is 9.64 Å². The summed E-state index contributed by atoms with van der Waals surface area (Å²) in [6, 6.07) is 11.3. The molecule has 0 bridgehead atoms. The van der Waals surface area contributed by atoms with Gasteiger partial charge in [-0.2, -0.15) is 4.31 Å². The lowest BCUT2D eigenvalue weighted by Crippen LogP contribution is -2.49. The third kappa shape index (κ3) is 4.68. The summed E-state index contributed by atoms with van der Waals surface area (Å²) in [7, 11) is -4.00. The molecule has 2 aromatic carbocycles. The number of amides is 2. The first-order valence-electron chi connectivity index (χ1n) is 10.1. The predicted octanol–water partition coefficient (Wildman–Crippen LogP) is 3.97. The molecule has 2 aromatic rings. The summed E-state index contributed by atoms with van der Waals surface area (Å²) >= 11 is 3.30. The summed E-state index contributed by atoms with van der Waals surface area (Å²) in [6.45, 7) is 5.95. The van der Waals surface area contributed by atoms with Gasteiger partial charge in [-0.1, -0.05) is 22.9 Å². The lowest BCUT2D eigenvalue weighted by molar-refractivity contribution is -0.122. The molecule has 2 unspecified atom stereocenters. The van der Waals surface area contributed by atoms with E-state index in [9.17, 15) is 18.0 Å². The Balaban J connectivity index is 1.96. The van der Waals surface area contributed by atoms with Crippen LogP contribution >= 0.6 is 15.9 Å². The van der Waals surface area contributed by atoms with E-state index in [0.29, 0.717) is 24.5 Å². The Labute approximate surface area is 191 Å². The Morgan fingerprint density at radius 3 is 2.26 bits per heavy atom. The van der Waals surface area contributed by atoms with Gasteiger partial charge in [-0.05, 0) is 68.8 Å². The van der Waals surface area contributed by atoms with E-state index >= 15 is 0 Å². The van der Waals surface area contributed by atoms with Crippen LogP contribution in [0.15, 0.2) is 57.9 Å². The van der Waals surface area contributed by atoms with Gasteiger partial charge in [-0.3, -0.25) is 9.59 Å². The van der Waals surface area contributed by atoms with Crippen molar-refractivity contribution in [2.75, 3.05) is 11.5 Å². The van der Waals surface area contributed by atoms with Gasteiger partial charge >= 0.3 is 0 Å². The molecule has 0 spiro atoms. The van der Waals surface area contributed by atoms with Gasteiger partial charge in [0.05, 0.1) is 23.6 Å². The maximum Gasteiger partial charge on any atom is 0.252 e. The Hall–Kier alpha value is -2.23. The minimum Gasteiger partial charge on any atom is -0.494 e. The highest BCUT2D eigenvalue weighted by Gasteiger charge is 2.48. The van der Waals surface area contributed by atoms with Crippen LogP contribution in [0.3, 0.4) is 0 Å². The number of imide groups is 1. The molecule has 0 aliphatic carbocycles. The second-order valence-corrected chi connectivity index (χ2v) is 10.0. The number of carbonyl (C=O) groups is 2. The van der Waals surface area contributed by atoms with Crippen LogP contribution in [0.5, 0.6) is 5.75 Å². The van der Waals surface area contributed by atoms with Gasteiger partial charge in [0.1, 0.15) is 11.8 Å². The first kappa shape index (κ1) is 23.4. The highest BCUT2D eigenvalue weighted by atomic mass is 79.9. The van der Waals surface area contributed by atoms with Crippen LogP contribution in [0.2, 0.25) is 0 Å². The Bertz CT molecular complexity index is 1050. The summed E-state index contributed by atoms with van der Waals surface area (Å²) < 4.78 is 34.2. The van der Waals surface area contributed by atoms with E-state index < -0.39 is 33.9 Å². The van der Waals surface area contributed by atoms with E-state index in [1.165, 1.54) is 16.4 Å². The van der Waals surface area contributed by atoms with Crippen molar-refractivity contribution in [1.29, 1.82) is 0 Å². The van der Waals surface area contributed by atoms with E-state index in [-0.39, 0.29) is 11.3 Å². The molecular formula is C22H25BrN2O5S. The van der Waals surface area contributed by atoms with E-state index in [1.807, 2.05) is 13.8 Å². The van der Waals surface area contributed by atoms with Crippen molar-refractivity contribution in [2.45, 2.75) is 50.6 Å². The van der Waals surface area contributed by atoms with Gasteiger partial charge in [-0.15, -0.1) is 0 Å². The zero-order valence-corrected chi connectivity index (χ0v) is 20.0. The lowest BCUT2D eigenvalue weighted by Gasteiger charge is -2.31. The zero-order chi connectivity index (χ0) is 22.8. The van der Waals surface area contributed by atoms with Crippen LogP contribution in [0.25, 0.3) is 0 Å². The number of benzene rings is 2. The summed E-state index contributed by atoms with van der Waals surface area (Å²) in [4.78, 5) is 27.2. The smallest absolute Gasteiger partial charge is 0.252 e. The molecule has 0 saturated carbocycles. The van der Waals surface area contributed by atoms with E-state index in [4.69, 9.17) is 4.74 Å². The molecule has 166 valence electrons. The molecule has 1 aliphatic rings. The number of nitrogens with zero attached hydrogens (tertiary/aromatic N) is 2. The zero-order valence-electron chi connectivity index (χ0n) is 17.6. The maximum absolute atomic E-state index is 13.5. The summed E-state index contributed by atoms with van der Waals surface area (Å²) in [5, 5.41) is 0. The number of ether oxygens (including phenoxy) is 1. The molecule has 1 fully saturated rings. The molecule has 9 heteroatoms. The Morgan fingerprint density at radius 1 is 1.10 bits per heavy atom. The van der Waals surface area contributed by atoms with Crippen LogP contribution in [-0.4, -0.2) is 43.2 Å². The largest absolute Gasteiger partial charge is 0.494 e. The number of rotatable bonds is 8. The molecule has 1 saturated heterocycles. The monoisotopic (exact) mass is 508 g/mol. The van der Waals surface area contributed by atoms with Gasteiger partial charge in [-0.25, -0.2) is 13.3 Å². The fourth-order valence-corrected chi connectivity index (χ4v) is 5.67. The van der Waals surface area contributed by atoms with Gasteiger partial charge < -0.3 is 4.74 Å². The SMILES string of the molecule is CCOc1ccc(N2C(=O)CC(N(C(C)CC)S(=O)(=O)c3ccc(Br)cc3)C2=O)cc1. The molecule has 3 rings (SSSR count). The maximum atomic E-state index is 13.5. The second-order valence-electron chi connectivity index (χ2n) is 7.26. The lowest BCUT2D eigenvalue weighted by atomic mass is 10.2. The molecular weight excluding hydrogens is 484 g/mol. The Kier molecular flexibility index (Phi) is 7.18. The third-order valence-corrected chi connectivity index (χ3v) is 7.82. The van der Waals surface area contributed by atoms with E-state index in [1.54, 1.807) is 43.3 Å². The molecule has 7 nitrogen and oxygen atoms in total. The molecule has 0 N–H and O–H groups in total. The topological polar surface area (TPSA) is 84.0 Å². The first-order chi connectivity index (χ1) is 14.7. The fraction of sp³-hybridized carbons (Fsp3) is 0.364. The third-order valence-electron chi connectivity index (χ3n) is 5.25. The predicted molar refractivity (Wildman–Crippen MR) is 121 cm³/mol. The molecule has 0 aromatic heterocycles. The molecule has 1 aliphatic heterocycles. The summed E-state index contributed by atoms with van der Waals surface area (Å²) in [5.41, 5.74) is 0.395. The molecule has 1 heterocycles. The van der Waals surface area contributed by atoms with Crippen LogP contribution in [0.4, 0.5) is 5.69 Å². The van der Waals surface area contributed by atoms with Crippen LogP contribution in [0, 0.1) is 0 Å². The summed E-state index contributed by atoms with van der Waals surface area (Å²) in [6.07, 6.45) is 0.295. The van der Waals surface area contributed by atoms with Crippen LogP contribution in [-0.2, 0) is 19.6 Å². The quantitative estimate of drug-likeness (QED) is 0.503. The van der Waals surface area contributed by atoms with Crippen molar-refractivity contribution in [3.05, 3.63) is 53.0 Å². The van der Waals surface area contributed by atoms with Crippen molar-refractivity contribution in [3.8, 4) is 5.75 Å². The number of carbonyl (C=O) groups excluding carboxylic acids is 2. The molecule has 2 atom stereocenters. The number of anilines is 1. The highest BCUT2D eigenvalue weighted by Crippen LogP contribution is 2.32. The molecule has 2 amide bonds. The van der Waals surface area contributed by atoms with Gasteiger partial charge in [0.15, 0.2) is 0 Å². The van der Waals surface area contributed by atoms with Crippen molar-refractivity contribution in [2.24, 2.45) is 0 Å². The number of sulfonamides is 1. The second kappa shape index (κ2) is 9.50. The minimum absolute atomic E-state index is 0.0794. The number of hydrogen-bond acceptors (Lipinski definition) is 5. The fourth-order valence-electron chi connectivity index (χ4n) is 3.56. The van der Waals surface area contributed by atoms with Gasteiger partial charge in [0.2, 0.25) is 15.9 Å². The molecule has 0 radical (unpaired) electrons. The van der Waals surface area contributed by atoms with E-state index in [2.05, 4.69) is 15.9 Å². The van der Waals surface area contributed by atoms with Crippen LogP contribution in [0.1, 0.15) is 33.6 Å². The highest BCUT2D eigenvalue weighted by molar-refractivity contribution is 9.10. The first-order valence-corrected chi connectivity index (χ1v) is 12.3. The average Bonchev–Trinajstić information content (AvgIpc) is 3.02. The molecule has 31 heavy (non-hydrogen) atoms. The van der Waals surface area contributed by atoms with Crippen molar-refractivity contribution in [3.63, 3.8) is 0 Å². The van der Waals surface area contributed by atoms with Gasteiger partial charge in [0, 0.05) is 10.5 Å². The normalized spacial score (nSPS) is 18.0. The van der Waals surface area contributed by atoms with Gasteiger partial charge in [0.25, 0.3) is 5.91 Å². The number of halogens is 1. The number of hydrogen-bond donors (Lipinski definition) is 0. The Morgan fingerprint density at radius 2 is 1.71 bits per heavy atom. The van der Waals surface area contributed by atoms with Crippen molar-refractivity contribution < 1.29 is 22.7 Å². The average molecular weight is 509 g/mol. The minimum atomic E-state index is -4.00. The summed E-state index contributed by atoms with van der Waals surface area (Å²) in [5.74, 6) is -0.352. The van der Waals surface area contributed by atoms with E-state index in [0.717, 1.165) is 9.37 Å². The standard InChI is InChI=1S/C22H25BrN2O5S/c1-4-15(3)25(31(28,29)19-12-6-16(23)7-13-19)20-14-21(26)24(22(20)27)17-8-10-18(11-9-17)30-5-2/h6-13,15,20H,4-5,14H2,1-3H3. The van der Waals surface area contributed by atoms with Crippen molar-refractivity contribution >= 4 is 43.5 Å². The van der Waals surface area contributed by atoms with Crippen molar-refractivity contribution in [1.82, 2.24) is 4.31 Å².